The summed E-state index contributed by atoms with van der Waals surface area (Å²) in [4.78, 5) is 19.6. The van der Waals surface area contributed by atoms with Gasteiger partial charge >= 0.3 is 0 Å². The van der Waals surface area contributed by atoms with Gasteiger partial charge in [0.15, 0.2) is 0 Å². The van der Waals surface area contributed by atoms with Crippen LogP contribution in [0.15, 0.2) is 72.8 Å². The maximum Gasteiger partial charge on any atom is 0.227 e. The number of anilines is 1. The second-order valence-corrected chi connectivity index (χ2v) is 8.29. The summed E-state index contributed by atoms with van der Waals surface area (Å²) < 4.78 is 2.27. The number of amides is 1. The van der Waals surface area contributed by atoms with Gasteiger partial charge in [-0.05, 0) is 48.4 Å². The Bertz CT molecular complexity index is 1250. The van der Waals surface area contributed by atoms with Gasteiger partial charge in [0.2, 0.25) is 5.91 Å². The Labute approximate surface area is 180 Å². The summed E-state index contributed by atoms with van der Waals surface area (Å²) >= 11 is 6.15. The summed E-state index contributed by atoms with van der Waals surface area (Å²) in [5.74, 6) is 1.11. The van der Waals surface area contributed by atoms with E-state index in [4.69, 9.17) is 16.6 Å². The zero-order valence-electron chi connectivity index (χ0n) is 16.8. The van der Waals surface area contributed by atoms with E-state index in [-0.39, 0.29) is 11.8 Å². The number of halogens is 1. The molecule has 3 aromatic carbocycles. The predicted molar refractivity (Wildman–Crippen MR) is 121 cm³/mol. The smallest absolute Gasteiger partial charge is 0.227 e. The van der Waals surface area contributed by atoms with Crippen LogP contribution in [0.4, 0.5) is 5.69 Å². The number of rotatable bonds is 4. The average molecular weight is 416 g/mol. The standard InChI is InChI=1S/C25H22ClN3O/c1-17-7-2-3-8-18(17)15-29-23-12-5-4-11-22(23)27-25(29)19-13-24(30)28(16-19)21-10-6-9-20(26)14-21/h2-12,14,19H,13,15-16H2,1H3. The molecule has 1 aliphatic rings. The number of imidazole rings is 1. The number of nitrogens with zero attached hydrogens (tertiary/aromatic N) is 3. The number of aryl methyl sites for hydroxylation is 1. The van der Waals surface area contributed by atoms with Crippen LogP contribution >= 0.6 is 11.6 Å². The summed E-state index contributed by atoms with van der Waals surface area (Å²) in [6.07, 6.45) is 0.448. The van der Waals surface area contributed by atoms with Crippen LogP contribution in [0.25, 0.3) is 11.0 Å². The van der Waals surface area contributed by atoms with Crippen LogP contribution in [0.3, 0.4) is 0 Å². The fourth-order valence-corrected chi connectivity index (χ4v) is 4.49. The molecule has 1 unspecified atom stereocenters. The Hall–Kier alpha value is -3.11. The molecule has 5 heteroatoms. The van der Waals surface area contributed by atoms with Crippen molar-refractivity contribution < 1.29 is 4.79 Å². The van der Waals surface area contributed by atoms with Crippen molar-refractivity contribution in [3.8, 4) is 0 Å². The fraction of sp³-hybridized carbons (Fsp3) is 0.200. The molecule has 0 N–H and O–H groups in total. The average Bonchev–Trinajstić information content (AvgIpc) is 3.30. The molecule has 150 valence electrons. The first-order valence-corrected chi connectivity index (χ1v) is 10.5. The molecule has 1 fully saturated rings. The van der Waals surface area contributed by atoms with E-state index in [1.807, 2.05) is 47.4 Å². The lowest BCUT2D eigenvalue weighted by atomic mass is 10.1. The van der Waals surface area contributed by atoms with Crippen LogP contribution in [0.2, 0.25) is 5.02 Å². The van der Waals surface area contributed by atoms with Gasteiger partial charge in [0.1, 0.15) is 5.82 Å². The van der Waals surface area contributed by atoms with Crippen LogP contribution in [0.5, 0.6) is 0 Å². The number of para-hydroxylation sites is 2. The third-order valence-electron chi connectivity index (χ3n) is 5.88. The van der Waals surface area contributed by atoms with Crippen molar-refractivity contribution in [1.82, 2.24) is 9.55 Å². The van der Waals surface area contributed by atoms with Crippen molar-refractivity contribution in [3.63, 3.8) is 0 Å². The quantitative estimate of drug-likeness (QED) is 0.437. The van der Waals surface area contributed by atoms with Gasteiger partial charge in [0, 0.05) is 36.1 Å². The molecule has 1 saturated heterocycles. The second kappa shape index (κ2) is 7.62. The van der Waals surface area contributed by atoms with Gasteiger partial charge in [-0.15, -0.1) is 0 Å². The molecular weight excluding hydrogens is 394 g/mol. The molecule has 0 saturated carbocycles. The van der Waals surface area contributed by atoms with Crippen molar-refractivity contribution in [1.29, 1.82) is 0 Å². The number of benzene rings is 3. The molecule has 2 heterocycles. The van der Waals surface area contributed by atoms with Crippen molar-refractivity contribution in [2.45, 2.75) is 25.8 Å². The summed E-state index contributed by atoms with van der Waals surface area (Å²) in [6.45, 7) is 3.48. The predicted octanol–water partition coefficient (Wildman–Crippen LogP) is 5.57. The molecule has 5 rings (SSSR count). The van der Waals surface area contributed by atoms with Crippen molar-refractivity contribution in [2.24, 2.45) is 0 Å². The van der Waals surface area contributed by atoms with Gasteiger partial charge in [-0.25, -0.2) is 4.98 Å². The molecule has 4 nitrogen and oxygen atoms in total. The van der Waals surface area contributed by atoms with Gasteiger partial charge in [-0.1, -0.05) is 54.1 Å². The van der Waals surface area contributed by atoms with Gasteiger partial charge < -0.3 is 9.47 Å². The Morgan fingerprint density at radius 2 is 1.83 bits per heavy atom. The minimum Gasteiger partial charge on any atom is -0.323 e. The highest BCUT2D eigenvalue weighted by Gasteiger charge is 2.35. The third-order valence-corrected chi connectivity index (χ3v) is 6.12. The largest absolute Gasteiger partial charge is 0.323 e. The number of fused-ring (bicyclic) bond motifs is 1. The Kier molecular flexibility index (Phi) is 4.80. The molecule has 1 aliphatic heterocycles. The Morgan fingerprint density at radius 1 is 1.03 bits per heavy atom. The zero-order chi connectivity index (χ0) is 20.7. The van der Waals surface area contributed by atoms with E-state index >= 15 is 0 Å². The van der Waals surface area contributed by atoms with E-state index in [1.165, 1.54) is 11.1 Å². The summed E-state index contributed by atoms with van der Waals surface area (Å²) in [5, 5.41) is 0.635. The lowest BCUT2D eigenvalue weighted by molar-refractivity contribution is -0.117. The monoisotopic (exact) mass is 415 g/mol. The second-order valence-electron chi connectivity index (χ2n) is 7.86. The van der Waals surface area contributed by atoms with Gasteiger partial charge in [-0.2, -0.15) is 0 Å². The van der Waals surface area contributed by atoms with Crippen LogP contribution in [0, 0.1) is 6.92 Å². The molecule has 30 heavy (non-hydrogen) atoms. The summed E-state index contributed by atoms with van der Waals surface area (Å²) in [7, 11) is 0. The number of carbonyl (C=O) groups is 1. The van der Waals surface area contributed by atoms with Gasteiger partial charge in [0.05, 0.1) is 11.0 Å². The number of aromatic nitrogens is 2. The van der Waals surface area contributed by atoms with Crippen LogP contribution in [0.1, 0.15) is 29.3 Å². The van der Waals surface area contributed by atoms with E-state index < -0.39 is 0 Å². The van der Waals surface area contributed by atoms with Crippen LogP contribution in [-0.4, -0.2) is 22.0 Å². The Balaban J connectivity index is 1.54. The van der Waals surface area contributed by atoms with Crippen LogP contribution < -0.4 is 4.90 Å². The summed E-state index contributed by atoms with van der Waals surface area (Å²) in [6, 6.07) is 24.1. The molecule has 0 radical (unpaired) electrons. The zero-order valence-corrected chi connectivity index (χ0v) is 17.5. The minimum atomic E-state index is 0.0351. The lowest BCUT2D eigenvalue weighted by Crippen LogP contribution is -2.24. The van der Waals surface area contributed by atoms with Gasteiger partial charge in [-0.3, -0.25) is 4.79 Å². The SMILES string of the molecule is Cc1ccccc1Cn1c(C2CC(=O)N(c3cccc(Cl)c3)C2)nc2ccccc21. The molecular formula is C25H22ClN3O. The maximum absolute atomic E-state index is 12.9. The first-order chi connectivity index (χ1) is 14.6. The number of hydrogen-bond acceptors (Lipinski definition) is 2. The fourth-order valence-electron chi connectivity index (χ4n) is 4.30. The van der Waals surface area contributed by atoms with E-state index in [0.29, 0.717) is 18.0 Å². The molecule has 1 amide bonds. The first-order valence-electron chi connectivity index (χ1n) is 10.2. The first kappa shape index (κ1) is 18.9. The molecule has 1 aromatic heterocycles. The molecule has 1 atom stereocenters. The molecule has 0 spiro atoms. The van der Waals surface area contributed by atoms with E-state index in [0.717, 1.165) is 29.1 Å². The lowest BCUT2D eigenvalue weighted by Gasteiger charge is -2.18. The molecule has 0 bridgehead atoms. The highest BCUT2D eigenvalue weighted by atomic mass is 35.5. The van der Waals surface area contributed by atoms with Crippen molar-refractivity contribution >= 4 is 34.2 Å². The highest BCUT2D eigenvalue weighted by molar-refractivity contribution is 6.30. The van der Waals surface area contributed by atoms with E-state index in [1.54, 1.807) is 0 Å². The van der Waals surface area contributed by atoms with Crippen molar-refractivity contribution in [3.05, 3.63) is 94.8 Å². The normalized spacial score (nSPS) is 16.5. The number of hydrogen-bond donors (Lipinski definition) is 0. The van der Waals surface area contributed by atoms with E-state index in [2.05, 4.69) is 41.8 Å². The van der Waals surface area contributed by atoms with Crippen LogP contribution in [-0.2, 0) is 11.3 Å². The van der Waals surface area contributed by atoms with Gasteiger partial charge in [0.25, 0.3) is 0 Å². The van der Waals surface area contributed by atoms with Crippen molar-refractivity contribution in [2.75, 3.05) is 11.4 Å². The highest BCUT2D eigenvalue weighted by Crippen LogP contribution is 2.34. The van der Waals surface area contributed by atoms with E-state index in [9.17, 15) is 4.79 Å². The minimum absolute atomic E-state index is 0.0351. The molecule has 0 aliphatic carbocycles. The Morgan fingerprint density at radius 3 is 2.67 bits per heavy atom. The molecule has 4 aromatic rings. The maximum atomic E-state index is 12.9. The topological polar surface area (TPSA) is 38.1 Å². The summed E-state index contributed by atoms with van der Waals surface area (Å²) in [5.41, 5.74) is 5.43. The number of carbonyl (C=O) groups excluding carboxylic acids is 1. The third kappa shape index (κ3) is 3.37.